The zero-order valence-electron chi connectivity index (χ0n) is 9.67. The molecule has 2 rings (SSSR count). The molecule has 6 heteroatoms. The molecule has 1 aliphatic rings. The van der Waals surface area contributed by atoms with Crippen molar-refractivity contribution < 1.29 is 17.9 Å². The fourth-order valence-electron chi connectivity index (χ4n) is 2.53. The largest absolute Gasteiger partial charge is 0.395 e. The summed E-state index contributed by atoms with van der Waals surface area (Å²) in [7, 11) is -3.45. The van der Waals surface area contributed by atoms with Crippen molar-refractivity contribution >= 4 is 9.84 Å². The van der Waals surface area contributed by atoms with E-state index >= 15 is 0 Å². The summed E-state index contributed by atoms with van der Waals surface area (Å²) in [6.07, 6.45) is 1.04. The minimum atomic E-state index is -3.45. The number of aliphatic hydroxyl groups excluding tert-OH is 1. The average molecular weight is 269 g/mol. The molecule has 0 saturated heterocycles. The molecule has 1 N–H and O–H groups in total. The Labute approximate surface area is 105 Å². The van der Waals surface area contributed by atoms with Gasteiger partial charge in [0.1, 0.15) is 11.2 Å². The predicted molar refractivity (Wildman–Crippen MR) is 62.9 cm³/mol. The molecule has 1 aromatic rings. The van der Waals surface area contributed by atoms with Crippen LogP contribution in [-0.2, 0) is 9.84 Å². The normalized spacial score (nSPS) is 30.8. The molecule has 0 spiro atoms. The van der Waals surface area contributed by atoms with Crippen LogP contribution < -0.4 is 0 Å². The highest BCUT2D eigenvalue weighted by molar-refractivity contribution is 7.91. The number of hydrogen-bond acceptors (Lipinski definition) is 4. The second kappa shape index (κ2) is 4.04. The van der Waals surface area contributed by atoms with Gasteiger partial charge in [-0.05, 0) is 17.7 Å². The summed E-state index contributed by atoms with van der Waals surface area (Å²) in [5, 5.41) is 17.5. The number of halogens is 1. The zero-order valence-corrected chi connectivity index (χ0v) is 10.5. The number of rotatable bonds is 3. The fraction of sp³-hybridized carbons (Fsp3) is 0.417. The Morgan fingerprint density at radius 1 is 1.44 bits per heavy atom. The van der Waals surface area contributed by atoms with Crippen molar-refractivity contribution in [2.75, 3.05) is 12.9 Å². The van der Waals surface area contributed by atoms with Crippen molar-refractivity contribution in [2.45, 2.75) is 11.2 Å². The van der Waals surface area contributed by atoms with Gasteiger partial charge in [-0.3, -0.25) is 0 Å². The van der Waals surface area contributed by atoms with Crippen molar-refractivity contribution in [3.63, 3.8) is 0 Å². The third kappa shape index (κ3) is 1.80. The monoisotopic (exact) mass is 269 g/mol. The lowest BCUT2D eigenvalue weighted by Gasteiger charge is -2.03. The van der Waals surface area contributed by atoms with Crippen LogP contribution in [0.25, 0.3) is 0 Å². The van der Waals surface area contributed by atoms with E-state index in [9.17, 15) is 17.9 Å². The van der Waals surface area contributed by atoms with Crippen LogP contribution in [0.2, 0.25) is 0 Å². The molecule has 3 unspecified atom stereocenters. The average Bonchev–Trinajstić information content (AvgIpc) is 3.00. The van der Waals surface area contributed by atoms with Gasteiger partial charge in [0.15, 0.2) is 9.84 Å². The first-order chi connectivity index (χ1) is 8.36. The Morgan fingerprint density at radius 2 is 2.00 bits per heavy atom. The zero-order chi connectivity index (χ0) is 13.6. The third-order valence-electron chi connectivity index (χ3n) is 3.42. The summed E-state index contributed by atoms with van der Waals surface area (Å²) >= 11 is 0. The molecule has 0 heterocycles. The van der Waals surface area contributed by atoms with Gasteiger partial charge in [0.25, 0.3) is 0 Å². The van der Waals surface area contributed by atoms with Gasteiger partial charge >= 0.3 is 0 Å². The minimum Gasteiger partial charge on any atom is -0.395 e. The van der Waals surface area contributed by atoms with Crippen LogP contribution in [0.5, 0.6) is 0 Å². The molecule has 0 aromatic heterocycles. The molecule has 1 aliphatic carbocycles. The SMILES string of the molecule is CS(=O)(=O)C1C(c2ccc(F)cc2)C1(C#N)CO. The van der Waals surface area contributed by atoms with Crippen LogP contribution in [0.1, 0.15) is 11.5 Å². The summed E-state index contributed by atoms with van der Waals surface area (Å²) in [6, 6.07) is 7.23. The van der Waals surface area contributed by atoms with E-state index in [1.54, 1.807) is 0 Å². The third-order valence-corrected chi connectivity index (χ3v) is 5.03. The second-order valence-electron chi connectivity index (χ2n) is 4.59. The Hall–Kier alpha value is -1.45. The molecule has 18 heavy (non-hydrogen) atoms. The molecule has 0 radical (unpaired) electrons. The highest BCUT2D eigenvalue weighted by Crippen LogP contribution is 2.62. The summed E-state index contributed by atoms with van der Waals surface area (Å²) in [5.74, 6) is -1.02. The number of sulfone groups is 1. The van der Waals surface area contributed by atoms with E-state index in [2.05, 4.69) is 0 Å². The molecule has 0 amide bonds. The number of benzene rings is 1. The number of nitrogens with zero attached hydrogens (tertiary/aromatic N) is 1. The molecular weight excluding hydrogens is 257 g/mol. The van der Waals surface area contributed by atoms with E-state index in [0.717, 1.165) is 6.26 Å². The van der Waals surface area contributed by atoms with Gasteiger partial charge in [-0.15, -0.1) is 0 Å². The molecule has 4 nitrogen and oxygen atoms in total. The first kappa shape index (κ1) is 13.0. The van der Waals surface area contributed by atoms with Gasteiger partial charge in [0, 0.05) is 12.2 Å². The van der Waals surface area contributed by atoms with Crippen LogP contribution in [0.3, 0.4) is 0 Å². The first-order valence-electron chi connectivity index (χ1n) is 5.33. The van der Waals surface area contributed by atoms with Crippen LogP contribution in [0.4, 0.5) is 4.39 Å². The van der Waals surface area contributed by atoms with E-state index < -0.39 is 38.8 Å². The smallest absolute Gasteiger partial charge is 0.152 e. The van der Waals surface area contributed by atoms with Gasteiger partial charge in [0.2, 0.25) is 0 Å². The summed E-state index contributed by atoms with van der Waals surface area (Å²) < 4.78 is 36.1. The maximum Gasteiger partial charge on any atom is 0.152 e. The lowest BCUT2D eigenvalue weighted by Crippen LogP contribution is -2.16. The number of aliphatic hydroxyl groups is 1. The van der Waals surface area contributed by atoms with Crippen molar-refractivity contribution in [2.24, 2.45) is 5.41 Å². The summed E-state index contributed by atoms with van der Waals surface area (Å²) in [5.41, 5.74) is -0.742. The lowest BCUT2D eigenvalue weighted by molar-refractivity contribution is 0.242. The van der Waals surface area contributed by atoms with Crippen molar-refractivity contribution in [1.29, 1.82) is 5.26 Å². The van der Waals surface area contributed by atoms with Gasteiger partial charge in [0.05, 0.1) is 17.9 Å². The maximum absolute atomic E-state index is 12.8. The topological polar surface area (TPSA) is 78.2 Å². The highest BCUT2D eigenvalue weighted by atomic mass is 32.2. The van der Waals surface area contributed by atoms with Crippen molar-refractivity contribution in [3.8, 4) is 6.07 Å². The molecule has 3 atom stereocenters. The summed E-state index contributed by atoms with van der Waals surface area (Å²) in [6.45, 7) is -0.525. The molecule has 1 saturated carbocycles. The molecular formula is C12H12FNO3S. The molecule has 0 bridgehead atoms. The van der Waals surface area contributed by atoms with Crippen LogP contribution in [0, 0.1) is 22.6 Å². The van der Waals surface area contributed by atoms with Crippen LogP contribution in [-0.4, -0.2) is 31.6 Å². The Morgan fingerprint density at radius 3 is 2.33 bits per heavy atom. The maximum atomic E-state index is 12.8. The Kier molecular flexibility index (Phi) is 2.92. The van der Waals surface area contributed by atoms with E-state index in [1.807, 2.05) is 6.07 Å². The van der Waals surface area contributed by atoms with Crippen molar-refractivity contribution in [1.82, 2.24) is 0 Å². The first-order valence-corrected chi connectivity index (χ1v) is 7.28. The van der Waals surface area contributed by atoms with E-state index in [4.69, 9.17) is 5.26 Å². The molecule has 1 fully saturated rings. The van der Waals surface area contributed by atoms with Gasteiger partial charge in [-0.25, -0.2) is 12.8 Å². The molecule has 0 aliphatic heterocycles. The van der Waals surface area contributed by atoms with Gasteiger partial charge in [-0.1, -0.05) is 12.1 Å². The molecule has 96 valence electrons. The van der Waals surface area contributed by atoms with Gasteiger partial charge in [-0.2, -0.15) is 5.26 Å². The Bertz CT molecular complexity index is 605. The quantitative estimate of drug-likeness (QED) is 0.882. The Balaban J connectivity index is 2.46. The van der Waals surface area contributed by atoms with E-state index in [1.165, 1.54) is 24.3 Å². The van der Waals surface area contributed by atoms with Crippen molar-refractivity contribution in [3.05, 3.63) is 35.6 Å². The fourth-order valence-corrected chi connectivity index (χ4v) is 4.39. The summed E-state index contributed by atoms with van der Waals surface area (Å²) in [4.78, 5) is 0. The standard InChI is InChI=1S/C12H12FNO3S/c1-18(16,17)11-10(12(11,6-14)7-15)8-2-4-9(13)5-3-8/h2-5,10-11,15H,7H2,1H3. The van der Waals surface area contributed by atoms with Crippen LogP contribution >= 0.6 is 0 Å². The minimum absolute atomic E-state index is 0.429. The second-order valence-corrected chi connectivity index (χ2v) is 6.76. The number of hydrogen-bond donors (Lipinski definition) is 1. The van der Waals surface area contributed by atoms with E-state index in [-0.39, 0.29) is 0 Å². The lowest BCUT2D eigenvalue weighted by atomic mass is 10.0. The van der Waals surface area contributed by atoms with Gasteiger partial charge < -0.3 is 5.11 Å². The van der Waals surface area contributed by atoms with Crippen LogP contribution in [0.15, 0.2) is 24.3 Å². The molecule has 1 aromatic carbocycles. The highest BCUT2D eigenvalue weighted by Gasteiger charge is 2.70. The predicted octanol–water partition coefficient (Wildman–Crippen LogP) is 0.838. The van der Waals surface area contributed by atoms with E-state index in [0.29, 0.717) is 5.56 Å². The number of nitriles is 1.